The number of hydrogen-bond donors (Lipinski definition) is 1. The smallest absolute Gasteiger partial charge is 0.289 e. The Labute approximate surface area is 199 Å². The molecule has 1 amide bonds. The Kier molecular flexibility index (Phi) is 5.72. The van der Waals surface area contributed by atoms with E-state index in [0.717, 1.165) is 33.1 Å². The standard InChI is InChI=1S/C20H15BrN2O2.C7H5N/c21-13-5-6-18-12(9-13)10-19(25-18)20(24)23-8-7-15-14-3-1-2-4-16(14)22-17(15)11-23;8-6-7-4-2-1-3-5-7/h1-6,9-10,22H,7-8,11H2;1-5H. The fourth-order valence-corrected chi connectivity index (χ4v) is 4.53. The number of furan rings is 1. The van der Waals surface area contributed by atoms with Gasteiger partial charge in [-0.2, -0.15) is 5.26 Å². The molecule has 3 heterocycles. The van der Waals surface area contributed by atoms with Gasteiger partial charge in [0.25, 0.3) is 5.91 Å². The van der Waals surface area contributed by atoms with Crippen LogP contribution in [0, 0.1) is 11.3 Å². The van der Waals surface area contributed by atoms with Crippen LogP contribution in [0.2, 0.25) is 0 Å². The first-order valence-electron chi connectivity index (χ1n) is 10.6. The average Bonchev–Trinajstić information content (AvgIpc) is 3.45. The number of para-hydroxylation sites is 1. The molecule has 0 fully saturated rings. The quantitative estimate of drug-likeness (QED) is 0.289. The summed E-state index contributed by atoms with van der Waals surface area (Å²) in [6.45, 7) is 1.29. The molecule has 1 N–H and O–H groups in total. The molecular formula is C27H20BrN3O2. The van der Waals surface area contributed by atoms with Crippen LogP contribution in [0.3, 0.4) is 0 Å². The maximum atomic E-state index is 12.9. The summed E-state index contributed by atoms with van der Waals surface area (Å²) in [6, 6.07) is 27.0. The van der Waals surface area contributed by atoms with Crippen molar-refractivity contribution in [2.75, 3.05) is 6.54 Å². The van der Waals surface area contributed by atoms with Crippen molar-refractivity contribution in [1.82, 2.24) is 9.88 Å². The van der Waals surface area contributed by atoms with E-state index in [2.05, 4.69) is 39.1 Å². The molecule has 0 radical (unpaired) electrons. The van der Waals surface area contributed by atoms with Crippen molar-refractivity contribution in [2.45, 2.75) is 13.0 Å². The number of rotatable bonds is 1. The molecule has 0 atom stereocenters. The number of carbonyl (C=O) groups is 1. The molecule has 0 spiro atoms. The minimum Gasteiger partial charge on any atom is -0.451 e. The van der Waals surface area contributed by atoms with Gasteiger partial charge in [0.1, 0.15) is 5.58 Å². The van der Waals surface area contributed by atoms with Crippen LogP contribution in [-0.2, 0) is 13.0 Å². The second kappa shape index (κ2) is 8.97. The van der Waals surface area contributed by atoms with E-state index < -0.39 is 0 Å². The number of aromatic nitrogens is 1. The summed E-state index contributed by atoms with van der Waals surface area (Å²) in [7, 11) is 0. The fourth-order valence-electron chi connectivity index (χ4n) is 4.15. The monoisotopic (exact) mass is 497 g/mol. The first kappa shape index (κ1) is 21.0. The lowest BCUT2D eigenvalue weighted by Crippen LogP contribution is -2.35. The number of aromatic amines is 1. The number of amides is 1. The van der Waals surface area contributed by atoms with Gasteiger partial charge in [-0.05, 0) is 54.4 Å². The van der Waals surface area contributed by atoms with Crippen molar-refractivity contribution < 1.29 is 9.21 Å². The summed E-state index contributed by atoms with van der Waals surface area (Å²) < 4.78 is 6.74. The number of nitrogens with one attached hydrogen (secondary N) is 1. The predicted molar refractivity (Wildman–Crippen MR) is 132 cm³/mol. The second-order valence-corrected chi connectivity index (χ2v) is 8.79. The molecule has 1 aliphatic heterocycles. The van der Waals surface area contributed by atoms with E-state index in [-0.39, 0.29) is 5.91 Å². The van der Waals surface area contributed by atoms with Crippen LogP contribution in [0.25, 0.3) is 21.9 Å². The van der Waals surface area contributed by atoms with E-state index in [1.165, 1.54) is 10.9 Å². The van der Waals surface area contributed by atoms with Crippen LogP contribution in [-0.4, -0.2) is 22.3 Å². The Bertz CT molecular complexity index is 1490. The SMILES string of the molecule is N#Cc1ccccc1.O=C(c1cc2cc(Br)ccc2o1)N1CCc2c([nH]c3ccccc23)C1. The number of halogens is 1. The molecule has 6 rings (SSSR count). The minimum absolute atomic E-state index is 0.0587. The maximum Gasteiger partial charge on any atom is 0.289 e. The predicted octanol–water partition coefficient (Wildman–Crippen LogP) is 6.43. The van der Waals surface area contributed by atoms with Crippen molar-refractivity contribution in [3.05, 3.63) is 106 Å². The van der Waals surface area contributed by atoms with E-state index in [1.807, 2.05) is 59.5 Å². The number of carbonyl (C=O) groups excluding carboxylic acids is 1. The Morgan fingerprint density at radius 3 is 2.61 bits per heavy atom. The lowest BCUT2D eigenvalue weighted by Gasteiger charge is -2.26. The van der Waals surface area contributed by atoms with Crippen LogP contribution in [0.1, 0.15) is 27.4 Å². The number of nitriles is 1. The van der Waals surface area contributed by atoms with Gasteiger partial charge in [-0.1, -0.05) is 52.3 Å². The number of H-pyrrole nitrogens is 1. The van der Waals surface area contributed by atoms with Crippen molar-refractivity contribution in [3.8, 4) is 6.07 Å². The van der Waals surface area contributed by atoms with Crippen LogP contribution in [0.5, 0.6) is 0 Å². The molecule has 0 saturated heterocycles. The highest BCUT2D eigenvalue weighted by Gasteiger charge is 2.26. The Morgan fingerprint density at radius 2 is 1.82 bits per heavy atom. The number of benzene rings is 3. The van der Waals surface area contributed by atoms with Crippen LogP contribution >= 0.6 is 15.9 Å². The molecule has 6 heteroatoms. The molecule has 2 aromatic heterocycles. The summed E-state index contributed by atoms with van der Waals surface area (Å²) in [5.41, 5.74) is 5.03. The summed E-state index contributed by atoms with van der Waals surface area (Å²) in [5.74, 6) is 0.337. The third-order valence-electron chi connectivity index (χ3n) is 5.76. The molecule has 0 aliphatic carbocycles. The number of fused-ring (bicyclic) bond motifs is 4. The summed E-state index contributed by atoms with van der Waals surface area (Å²) in [6.07, 6.45) is 0.858. The largest absolute Gasteiger partial charge is 0.451 e. The zero-order valence-electron chi connectivity index (χ0n) is 17.7. The first-order valence-corrected chi connectivity index (χ1v) is 11.4. The summed E-state index contributed by atoms with van der Waals surface area (Å²) >= 11 is 3.45. The Hall–Kier alpha value is -3.82. The van der Waals surface area contributed by atoms with Crippen LogP contribution in [0.4, 0.5) is 0 Å². The van der Waals surface area contributed by atoms with Gasteiger partial charge in [-0.25, -0.2) is 0 Å². The highest BCUT2D eigenvalue weighted by atomic mass is 79.9. The molecule has 5 aromatic rings. The van der Waals surface area contributed by atoms with Crippen molar-refractivity contribution >= 4 is 43.7 Å². The number of nitrogens with zero attached hydrogens (tertiary/aromatic N) is 2. The van der Waals surface area contributed by atoms with Gasteiger partial charge >= 0.3 is 0 Å². The van der Waals surface area contributed by atoms with E-state index in [0.29, 0.717) is 24.4 Å². The van der Waals surface area contributed by atoms with Gasteiger partial charge in [-0.15, -0.1) is 0 Å². The van der Waals surface area contributed by atoms with Gasteiger partial charge in [0.05, 0.1) is 18.2 Å². The topological polar surface area (TPSA) is 73.0 Å². The molecular weight excluding hydrogens is 478 g/mol. The molecule has 33 heavy (non-hydrogen) atoms. The third-order valence-corrected chi connectivity index (χ3v) is 6.26. The van der Waals surface area contributed by atoms with Crippen LogP contribution in [0.15, 0.2) is 87.8 Å². The second-order valence-electron chi connectivity index (χ2n) is 7.88. The van der Waals surface area contributed by atoms with E-state index in [4.69, 9.17) is 9.68 Å². The van der Waals surface area contributed by atoms with Gasteiger partial charge in [0.2, 0.25) is 0 Å². The molecule has 162 valence electrons. The third kappa shape index (κ3) is 4.28. The van der Waals surface area contributed by atoms with Crippen molar-refractivity contribution in [2.24, 2.45) is 0 Å². The van der Waals surface area contributed by atoms with Crippen molar-refractivity contribution in [3.63, 3.8) is 0 Å². The molecule has 5 nitrogen and oxygen atoms in total. The summed E-state index contributed by atoms with van der Waals surface area (Å²) in [5, 5.41) is 10.5. The molecule has 3 aromatic carbocycles. The highest BCUT2D eigenvalue weighted by molar-refractivity contribution is 9.10. The molecule has 0 bridgehead atoms. The number of hydrogen-bond acceptors (Lipinski definition) is 3. The average molecular weight is 498 g/mol. The molecule has 0 saturated carbocycles. The highest BCUT2D eigenvalue weighted by Crippen LogP contribution is 2.29. The maximum absolute atomic E-state index is 12.9. The van der Waals surface area contributed by atoms with E-state index in [9.17, 15) is 4.79 Å². The fraction of sp³-hybridized carbons (Fsp3) is 0.111. The van der Waals surface area contributed by atoms with Gasteiger partial charge in [0.15, 0.2) is 5.76 Å². The van der Waals surface area contributed by atoms with Gasteiger partial charge in [-0.3, -0.25) is 4.79 Å². The normalized spacial score (nSPS) is 12.7. The molecule has 1 aliphatic rings. The summed E-state index contributed by atoms with van der Waals surface area (Å²) in [4.78, 5) is 18.2. The first-order chi connectivity index (χ1) is 16.1. The van der Waals surface area contributed by atoms with E-state index in [1.54, 1.807) is 12.1 Å². The lowest BCUT2D eigenvalue weighted by atomic mass is 10.0. The minimum atomic E-state index is -0.0587. The van der Waals surface area contributed by atoms with Crippen LogP contribution < -0.4 is 0 Å². The Morgan fingerprint density at radius 1 is 1.03 bits per heavy atom. The van der Waals surface area contributed by atoms with Crippen molar-refractivity contribution in [1.29, 1.82) is 5.26 Å². The van der Waals surface area contributed by atoms with Gasteiger partial charge < -0.3 is 14.3 Å². The zero-order valence-corrected chi connectivity index (χ0v) is 19.3. The zero-order chi connectivity index (χ0) is 22.8. The van der Waals surface area contributed by atoms with Gasteiger partial charge in [0, 0.05) is 33.0 Å². The molecule has 0 unspecified atom stereocenters. The van der Waals surface area contributed by atoms with E-state index >= 15 is 0 Å². The lowest BCUT2D eigenvalue weighted by molar-refractivity contribution is 0.0703. The Balaban J connectivity index is 0.000000243.